The van der Waals surface area contributed by atoms with E-state index in [-0.39, 0.29) is 0 Å². The molecule has 0 radical (unpaired) electrons. The molecule has 0 saturated heterocycles. The standard InChI is InChI=1S/C11H9ClN2/c1-2-14-7-8(6-13)10-5-9(12)3-4-11(10)14/h3-5,7H,2H2,1H3. The van der Waals surface area contributed by atoms with Crippen LogP contribution in [0, 0.1) is 11.3 Å². The summed E-state index contributed by atoms with van der Waals surface area (Å²) >= 11 is 5.88. The molecule has 0 bridgehead atoms. The Kier molecular flexibility index (Phi) is 2.18. The van der Waals surface area contributed by atoms with Crippen LogP contribution in [0.15, 0.2) is 24.4 Å². The molecule has 3 heteroatoms. The van der Waals surface area contributed by atoms with Crippen LogP contribution in [-0.4, -0.2) is 4.57 Å². The molecule has 0 aliphatic heterocycles. The Morgan fingerprint density at radius 2 is 2.29 bits per heavy atom. The second-order valence-corrected chi connectivity index (χ2v) is 3.54. The van der Waals surface area contributed by atoms with Crippen molar-refractivity contribution in [3.63, 3.8) is 0 Å². The molecule has 0 saturated carbocycles. The van der Waals surface area contributed by atoms with Gasteiger partial charge in [0.1, 0.15) is 6.07 Å². The van der Waals surface area contributed by atoms with Gasteiger partial charge >= 0.3 is 0 Å². The predicted molar refractivity (Wildman–Crippen MR) is 57.3 cm³/mol. The van der Waals surface area contributed by atoms with Gasteiger partial charge in [-0.3, -0.25) is 0 Å². The summed E-state index contributed by atoms with van der Waals surface area (Å²) < 4.78 is 2.05. The summed E-state index contributed by atoms with van der Waals surface area (Å²) in [5.41, 5.74) is 1.75. The van der Waals surface area contributed by atoms with Gasteiger partial charge < -0.3 is 4.57 Å². The zero-order valence-electron chi connectivity index (χ0n) is 7.79. The number of rotatable bonds is 1. The van der Waals surface area contributed by atoms with Gasteiger partial charge in [-0.05, 0) is 25.1 Å². The number of hydrogen-bond acceptors (Lipinski definition) is 1. The minimum atomic E-state index is 0.669. The number of hydrogen-bond donors (Lipinski definition) is 0. The molecule has 2 rings (SSSR count). The molecule has 0 fully saturated rings. The molecular weight excluding hydrogens is 196 g/mol. The molecule has 70 valence electrons. The summed E-state index contributed by atoms with van der Waals surface area (Å²) in [6, 6.07) is 7.80. The highest BCUT2D eigenvalue weighted by molar-refractivity contribution is 6.31. The van der Waals surface area contributed by atoms with Crippen LogP contribution in [0.5, 0.6) is 0 Å². The van der Waals surface area contributed by atoms with E-state index < -0.39 is 0 Å². The molecule has 0 aliphatic carbocycles. The van der Waals surface area contributed by atoms with Crippen LogP contribution < -0.4 is 0 Å². The minimum Gasteiger partial charge on any atom is -0.346 e. The van der Waals surface area contributed by atoms with E-state index in [1.807, 2.05) is 29.0 Å². The Bertz CT molecular complexity index is 520. The molecule has 0 N–H and O–H groups in total. The van der Waals surface area contributed by atoms with Gasteiger partial charge in [0.25, 0.3) is 0 Å². The summed E-state index contributed by atoms with van der Waals surface area (Å²) in [6.45, 7) is 2.91. The van der Waals surface area contributed by atoms with Gasteiger partial charge in [0.05, 0.1) is 5.56 Å². The normalized spacial score (nSPS) is 10.4. The smallest absolute Gasteiger partial charge is 0.101 e. The zero-order chi connectivity index (χ0) is 10.1. The number of aromatic nitrogens is 1. The van der Waals surface area contributed by atoms with Gasteiger partial charge in [0, 0.05) is 28.7 Å². The Balaban J connectivity index is 2.84. The fourth-order valence-electron chi connectivity index (χ4n) is 1.62. The maximum atomic E-state index is 8.93. The molecule has 0 atom stereocenters. The van der Waals surface area contributed by atoms with Crippen molar-refractivity contribution in [2.24, 2.45) is 0 Å². The van der Waals surface area contributed by atoms with Crippen molar-refractivity contribution in [3.8, 4) is 6.07 Å². The third-order valence-electron chi connectivity index (χ3n) is 2.30. The Labute approximate surface area is 87.3 Å². The molecule has 0 aliphatic rings. The monoisotopic (exact) mass is 204 g/mol. The molecule has 0 unspecified atom stereocenters. The van der Waals surface area contributed by atoms with Gasteiger partial charge in [-0.15, -0.1) is 0 Å². The molecule has 2 aromatic rings. The van der Waals surface area contributed by atoms with E-state index in [1.54, 1.807) is 0 Å². The first-order valence-electron chi connectivity index (χ1n) is 4.44. The van der Waals surface area contributed by atoms with Crippen LogP contribution in [0.3, 0.4) is 0 Å². The summed E-state index contributed by atoms with van der Waals surface area (Å²) in [6.07, 6.45) is 1.86. The Morgan fingerprint density at radius 1 is 1.50 bits per heavy atom. The number of benzene rings is 1. The fraction of sp³-hybridized carbons (Fsp3) is 0.182. The summed E-state index contributed by atoms with van der Waals surface area (Å²) in [5.74, 6) is 0. The first-order valence-corrected chi connectivity index (χ1v) is 4.82. The molecule has 1 aromatic carbocycles. The summed E-state index contributed by atoms with van der Waals surface area (Å²) in [7, 11) is 0. The number of aryl methyl sites for hydroxylation is 1. The first kappa shape index (κ1) is 9.11. The lowest BCUT2D eigenvalue weighted by Crippen LogP contribution is -1.89. The highest BCUT2D eigenvalue weighted by atomic mass is 35.5. The van der Waals surface area contributed by atoms with Gasteiger partial charge in [0.15, 0.2) is 0 Å². The second kappa shape index (κ2) is 3.36. The van der Waals surface area contributed by atoms with Gasteiger partial charge in [-0.1, -0.05) is 11.6 Å². The largest absolute Gasteiger partial charge is 0.346 e. The topological polar surface area (TPSA) is 28.7 Å². The lowest BCUT2D eigenvalue weighted by atomic mass is 10.2. The average Bonchev–Trinajstić information content (AvgIpc) is 2.55. The van der Waals surface area contributed by atoms with Crippen molar-refractivity contribution in [1.82, 2.24) is 4.57 Å². The highest BCUT2D eigenvalue weighted by Crippen LogP contribution is 2.24. The molecule has 0 spiro atoms. The van der Waals surface area contributed by atoms with E-state index in [9.17, 15) is 0 Å². The summed E-state index contributed by atoms with van der Waals surface area (Å²) in [4.78, 5) is 0. The average molecular weight is 205 g/mol. The van der Waals surface area contributed by atoms with Crippen LogP contribution >= 0.6 is 11.6 Å². The van der Waals surface area contributed by atoms with Crippen LogP contribution in [0.1, 0.15) is 12.5 Å². The molecule has 2 nitrogen and oxygen atoms in total. The van der Waals surface area contributed by atoms with E-state index in [0.29, 0.717) is 10.6 Å². The van der Waals surface area contributed by atoms with Crippen molar-refractivity contribution in [2.75, 3.05) is 0 Å². The third kappa shape index (κ3) is 1.26. The molecule has 1 aromatic heterocycles. The molecule has 14 heavy (non-hydrogen) atoms. The number of nitriles is 1. The SMILES string of the molecule is CCn1cc(C#N)c2cc(Cl)ccc21. The van der Waals surface area contributed by atoms with Crippen molar-refractivity contribution < 1.29 is 0 Å². The summed E-state index contributed by atoms with van der Waals surface area (Å²) in [5, 5.41) is 10.5. The van der Waals surface area contributed by atoms with Crippen molar-refractivity contribution >= 4 is 22.5 Å². The van der Waals surface area contributed by atoms with Gasteiger partial charge in [0.2, 0.25) is 0 Å². The number of fused-ring (bicyclic) bond motifs is 1. The van der Waals surface area contributed by atoms with Crippen molar-refractivity contribution in [3.05, 3.63) is 35.0 Å². The van der Waals surface area contributed by atoms with E-state index >= 15 is 0 Å². The maximum absolute atomic E-state index is 8.93. The van der Waals surface area contributed by atoms with Crippen LogP contribution in [0.4, 0.5) is 0 Å². The molecule has 0 amide bonds. The second-order valence-electron chi connectivity index (χ2n) is 3.10. The van der Waals surface area contributed by atoms with Crippen molar-refractivity contribution in [1.29, 1.82) is 5.26 Å². The quantitative estimate of drug-likeness (QED) is 0.702. The van der Waals surface area contributed by atoms with Crippen molar-refractivity contribution in [2.45, 2.75) is 13.5 Å². The Hall–Kier alpha value is -1.46. The van der Waals surface area contributed by atoms with E-state index in [0.717, 1.165) is 17.4 Å². The Morgan fingerprint density at radius 3 is 2.93 bits per heavy atom. The third-order valence-corrected chi connectivity index (χ3v) is 2.54. The number of nitrogens with zero attached hydrogens (tertiary/aromatic N) is 2. The van der Waals surface area contributed by atoms with E-state index in [1.165, 1.54) is 0 Å². The van der Waals surface area contributed by atoms with Gasteiger partial charge in [-0.25, -0.2) is 0 Å². The van der Waals surface area contributed by atoms with E-state index in [2.05, 4.69) is 13.0 Å². The van der Waals surface area contributed by atoms with Crippen LogP contribution in [0.25, 0.3) is 10.9 Å². The molecule has 1 heterocycles. The fourth-order valence-corrected chi connectivity index (χ4v) is 1.79. The van der Waals surface area contributed by atoms with Gasteiger partial charge in [-0.2, -0.15) is 5.26 Å². The highest BCUT2D eigenvalue weighted by Gasteiger charge is 2.06. The lowest BCUT2D eigenvalue weighted by Gasteiger charge is -1.99. The first-order chi connectivity index (χ1) is 6.76. The van der Waals surface area contributed by atoms with Crippen LogP contribution in [-0.2, 0) is 6.54 Å². The number of halogens is 1. The predicted octanol–water partition coefficient (Wildman–Crippen LogP) is 3.19. The lowest BCUT2D eigenvalue weighted by molar-refractivity contribution is 0.797. The van der Waals surface area contributed by atoms with E-state index in [4.69, 9.17) is 16.9 Å². The van der Waals surface area contributed by atoms with Crippen LogP contribution in [0.2, 0.25) is 5.02 Å². The zero-order valence-corrected chi connectivity index (χ0v) is 8.54. The molecular formula is C11H9ClN2. The maximum Gasteiger partial charge on any atom is 0.101 e. The minimum absolute atomic E-state index is 0.669.